The summed E-state index contributed by atoms with van der Waals surface area (Å²) < 4.78 is 5.47. The van der Waals surface area contributed by atoms with Crippen LogP contribution in [0.15, 0.2) is 11.6 Å². The number of thiazole rings is 1. The number of piperidine rings is 1. The first-order chi connectivity index (χ1) is 11.3. The van der Waals surface area contributed by atoms with Crippen molar-refractivity contribution in [2.24, 2.45) is 5.41 Å². The lowest BCUT2D eigenvalue weighted by Crippen LogP contribution is -2.54. The van der Waals surface area contributed by atoms with Crippen LogP contribution in [0.2, 0.25) is 0 Å². The first-order valence-corrected chi connectivity index (χ1v) is 9.64. The van der Waals surface area contributed by atoms with Crippen molar-refractivity contribution in [1.82, 2.24) is 14.8 Å². The molecule has 1 atom stereocenters. The number of likely N-dealkylation sites (tertiary alicyclic amines) is 2. The SMILES string of the molecule is O=C1N(C2CCOCC2)CCC[C@]12CCN(Cc1nccs1)C2. The van der Waals surface area contributed by atoms with E-state index in [4.69, 9.17) is 4.74 Å². The quantitative estimate of drug-likeness (QED) is 0.849. The van der Waals surface area contributed by atoms with Crippen LogP contribution in [0.25, 0.3) is 0 Å². The van der Waals surface area contributed by atoms with E-state index in [-0.39, 0.29) is 5.41 Å². The molecule has 0 unspecified atom stereocenters. The summed E-state index contributed by atoms with van der Waals surface area (Å²) in [7, 11) is 0. The highest BCUT2D eigenvalue weighted by Crippen LogP contribution is 2.41. The van der Waals surface area contributed by atoms with Crippen molar-refractivity contribution in [1.29, 1.82) is 0 Å². The molecule has 4 heterocycles. The van der Waals surface area contributed by atoms with Crippen molar-refractivity contribution in [2.75, 3.05) is 32.8 Å². The number of hydrogen-bond acceptors (Lipinski definition) is 5. The number of nitrogens with zero attached hydrogens (tertiary/aromatic N) is 3. The Kier molecular flexibility index (Phi) is 4.39. The van der Waals surface area contributed by atoms with E-state index in [1.165, 1.54) is 0 Å². The number of carbonyl (C=O) groups is 1. The summed E-state index contributed by atoms with van der Waals surface area (Å²) in [5.41, 5.74) is -0.131. The molecular formula is C17H25N3O2S. The lowest BCUT2D eigenvalue weighted by molar-refractivity contribution is -0.150. The molecule has 0 bridgehead atoms. The van der Waals surface area contributed by atoms with Gasteiger partial charge in [-0.2, -0.15) is 0 Å². The average molecular weight is 335 g/mol. The van der Waals surface area contributed by atoms with Gasteiger partial charge in [0.05, 0.1) is 12.0 Å². The molecule has 3 saturated heterocycles. The summed E-state index contributed by atoms with van der Waals surface area (Å²) in [6.45, 7) is 5.37. The molecule has 1 spiro atoms. The van der Waals surface area contributed by atoms with E-state index < -0.39 is 0 Å². The molecule has 4 rings (SSSR count). The Morgan fingerprint density at radius 3 is 2.96 bits per heavy atom. The number of ether oxygens (including phenoxy) is 1. The molecule has 0 aliphatic carbocycles. The maximum absolute atomic E-state index is 13.2. The van der Waals surface area contributed by atoms with Crippen molar-refractivity contribution in [3.8, 4) is 0 Å². The first kappa shape index (κ1) is 15.5. The third-order valence-corrected chi connectivity index (χ3v) is 6.44. The van der Waals surface area contributed by atoms with Gasteiger partial charge in [0.25, 0.3) is 0 Å². The maximum atomic E-state index is 13.2. The molecule has 0 saturated carbocycles. The highest BCUT2D eigenvalue weighted by Gasteiger charge is 2.49. The fourth-order valence-electron chi connectivity index (χ4n) is 4.44. The van der Waals surface area contributed by atoms with Gasteiger partial charge >= 0.3 is 0 Å². The Morgan fingerprint density at radius 1 is 1.30 bits per heavy atom. The van der Waals surface area contributed by atoms with Gasteiger partial charge in [0.2, 0.25) is 5.91 Å². The molecule has 5 nitrogen and oxygen atoms in total. The van der Waals surface area contributed by atoms with Gasteiger partial charge in [0.1, 0.15) is 5.01 Å². The molecular weight excluding hydrogens is 310 g/mol. The normalized spacial score (nSPS) is 30.4. The Hall–Kier alpha value is -0.980. The monoisotopic (exact) mass is 335 g/mol. The van der Waals surface area contributed by atoms with Gasteiger partial charge in [-0.15, -0.1) is 11.3 Å². The van der Waals surface area contributed by atoms with Crippen LogP contribution >= 0.6 is 11.3 Å². The van der Waals surface area contributed by atoms with E-state index >= 15 is 0 Å². The Bertz CT molecular complexity index is 544. The van der Waals surface area contributed by atoms with Gasteiger partial charge in [0, 0.05) is 43.9 Å². The number of hydrogen-bond donors (Lipinski definition) is 0. The van der Waals surface area contributed by atoms with Crippen LogP contribution < -0.4 is 0 Å². The van der Waals surface area contributed by atoms with Gasteiger partial charge in [-0.3, -0.25) is 9.69 Å². The first-order valence-electron chi connectivity index (χ1n) is 8.76. The summed E-state index contributed by atoms with van der Waals surface area (Å²) in [5.74, 6) is 0.414. The lowest BCUT2D eigenvalue weighted by atomic mass is 9.77. The fraction of sp³-hybridized carbons (Fsp3) is 0.765. The molecule has 0 N–H and O–H groups in total. The largest absolute Gasteiger partial charge is 0.381 e. The van der Waals surface area contributed by atoms with Crippen molar-refractivity contribution < 1.29 is 9.53 Å². The van der Waals surface area contributed by atoms with E-state index in [9.17, 15) is 4.79 Å². The van der Waals surface area contributed by atoms with Gasteiger partial charge in [-0.05, 0) is 38.6 Å². The molecule has 0 radical (unpaired) electrons. The van der Waals surface area contributed by atoms with Gasteiger partial charge < -0.3 is 9.64 Å². The van der Waals surface area contributed by atoms with E-state index in [2.05, 4.69) is 14.8 Å². The summed E-state index contributed by atoms with van der Waals surface area (Å²) in [5, 5.41) is 3.19. The summed E-state index contributed by atoms with van der Waals surface area (Å²) in [4.78, 5) is 22.2. The average Bonchev–Trinajstić information content (AvgIpc) is 3.23. The number of rotatable bonds is 3. The molecule has 1 aromatic rings. The van der Waals surface area contributed by atoms with Crippen LogP contribution in [0.3, 0.4) is 0 Å². The Balaban J connectivity index is 1.44. The fourth-order valence-corrected chi connectivity index (χ4v) is 5.10. The minimum atomic E-state index is -0.131. The smallest absolute Gasteiger partial charge is 0.230 e. The van der Waals surface area contributed by atoms with Crippen LogP contribution in [0.1, 0.15) is 37.1 Å². The molecule has 0 aromatic carbocycles. The minimum absolute atomic E-state index is 0.131. The highest BCUT2D eigenvalue weighted by molar-refractivity contribution is 7.09. The summed E-state index contributed by atoms with van der Waals surface area (Å²) in [6, 6.07) is 0.404. The third kappa shape index (κ3) is 3.04. The predicted molar refractivity (Wildman–Crippen MR) is 89.2 cm³/mol. The van der Waals surface area contributed by atoms with Crippen molar-refractivity contribution in [2.45, 2.75) is 44.7 Å². The second kappa shape index (κ2) is 6.49. The third-order valence-electron chi connectivity index (χ3n) is 5.68. The standard InChI is InChI=1S/C17H25N3O2S/c21-16-17(4-1-7-20(16)14-2-9-22-10-3-14)5-8-19(13-17)12-15-18-6-11-23-15/h6,11,14H,1-5,7-10,12-13H2/t17-/m1/s1. The minimum Gasteiger partial charge on any atom is -0.381 e. The molecule has 1 aromatic heterocycles. The van der Waals surface area contributed by atoms with E-state index in [0.717, 1.165) is 76.5 Å². The topological polar surface area (TPSA) is 45.7 Å². The molecule has 3 aliphatic rings. The molecule has 23 heavy (non-hydrogen) atoms. The van der Waals surface area contributed by atoms with Gasteiger partial charge in [-0.1, -0.05) is 0 Å². The highest BCUT2D eigenvalue weighted by atomic mass is 32.1. The maximum Gasteiger partial charge on any atom is 0.230 e. The van der Waals surface area contributed by atoms with E-state index in [0.29, 0.717) is 11.9 Å². The van der Waals surface area contributed by atoms with Crippen LogP contribution in [-0.4, -0.2) is 59.6 Å². The number of aromatic nitrogens is 1. The number of carbonyl (C=O) groups excluding carboxylic acids is 1. The van der Waals surface area contributed by atoms with Crippen LogP contribution in [0.4, 0.5) is 0 Å². The molecule has 3 aliphatic heterocycles. The van der Waals surface area contributed by atoms with Gasteiger partial charge in [-0.25, -0.2) is 4.98 Å². The zero-order chi connectivity index (χ0) is 15.7. The second-order valence-corrected chi connectivity index (χ2v) is 8.09. The lowest BCUT2D eigenvalue weighted by Gasteiger charge is -2.44. The van der Waals surface area contributed by atoms with Crippen LogP contribution in [0, 0.1) is 5.41 Å². The Labute approximate surface area is 141 Å². The molecule has 6 heteroatoms. The van der Waals surface area contributed by atoms with E-state index in [1.54, 1.807) is 11.3 Å². The second-order valence-electron chi connectivity index (χ2n) is 7.11. The molecule has 126 valence electrons. The summed E-state index contributed by atoms with van der Waals surface area (Å²) >= 11 is 1.71. The van der Waals surface area contributed by atoms with Crippen molar-refractivity contribution in [3.05, 3.63) is 16.6 Å². The molecule has 1 amide bonds. The van der Waals surface area contributed by atoms with Gasteiger partial charge in [0.15, 0.2) is 0 Å². The Morgan fingerprint density at radius 2 is 2.17 bits per heavy atom. The van der Waals surface area contributed by atoms with Crippen LogP contribution in [-0.2, 0) is 16.1 Å². The summed E-state index contributed by atoms with van der Waals surface area (Å²) in [6.07, 6.45) is 7.09. The van der Waals surface area contributed by atoms with Crippen molar-refractivity contribution in [3.63, 3.8) is 0 Å². The molecule has 3 fully saturated rings. The van der Waals surface area contributed by atoms with E-state index in [1.807, 2.05) is 11.6 Å². The van der Waals surface area contributed by atoms with Crippen LogP contribution in [0.5, 0.6) is 0 Å². The zero-order valence-electron chi connectivity index (χ0n) is 13.6. The predicted octanol–water partition coefficient (Wildman–Crippen LogP) is 2.14. The van der Waals surface area contributed by atoms with Crippen molar-refractivity contribution >= 4 is 17.2 Å². The zero-order valence-corrected chi connectivity index (χ0v) is 14.4. The number of amides is 1.